The van der Waals surface area contributed by atoms with E-state index in [0.29, 0.717) is 29.1 Å². The molecule has 0 saturated heterocycles. The number of aliphatic hydroxyl groups is 2. The second-order valence-corrected chi connectivity index (χ2v) is 7.88. The fraction of sp³-hybridized carbons (Fsp3) is 1.00. The first kappa shape index (κ1) is 12.0. The lowest BCUT2D eigenvalue weighted by molar-refractivity contribution is -0.0663. The van der Waals surface area contributed by atoms with Crippen molar-refractivity contribution in [2.45, 2.75) is 64.6 Å². The van der Waals surface area contributed by atoms with E-state index >= 15 is 0 Å². The van der Waals surface area contributed by atoms with Gasteiger partial charge in [0, 0.05) is 0 Å². The van der Waals surface area contributed by atoms with Gasteiger partial charge in [0.2, 0.25) is 0 Å². The first-order valence-electron chi connectivity index (χ1n) is 7.13. The minimum atomic E-state index is -0.561. The third-order valence-corrected chi connectivity index (χ3v) is 6.40. The van der Waals surface area contributed by atoms with Gasteiger partial charge in [0.1, 0.15) is 0 Å². The fourth-order valence-corrected chi connectivity index (χ4v) is 5.25. The number of hydrogen-bond donors (Lipinski definition) is 2. The van der Waals surface area contributed by atoms with E-state index in [9.17, 15) is 10.2 Å². The van der Waals surface area contributed by atoms with Crippen LogP contribution in [0.5, 0.6) is 0 Å². The average molecular weight is 238 g/mol. The molecule has 0 aromatic heterocycles. The third-order valence-electron chi connectivity index (χ3n) is 6.40. The minimum absolute atomic E-state index is 0.300. The van der Waals surface area contributed by atoms with Crippen LogP contribution in [0, 0.1) is 29.1 Å². The van der Waals surface area contributed by atoms with Crippen LogP contribution in [0.2, 0.25) is 0 Å². The Morgan fingerprint density at radius 2 is 1.29 bits per heavy atom. The van der Waals surface area contributed by atoms with Crippen molar-refractivity contribution in [2.75, 3.05) is 0 Å². The van der Waals surface area contributed by atoms with Gasteiger partial charge in [-0.15, -0.1) is 0 Å². The lowest BCUT2D eigenvalue weighted by Crippen LogP contribution is -2.43. The van der Waals surface area contributed by atoms with E-state index < -0.39 is 11.2 Å². The smallest absolute Gasteiger partial charge is 0.0654 e. The normalized spacial score (nSPS) is 60.4. The molecule has 2 nitrogen and oxygen atoms in total. The lowest BCUT2D eigenvalue weighted by atomic mass is 9.73. The van der Waals surface area contributed by atoms with Crippen LogP contribution in [-0.4, -0.2) is 21.4 Å². The highest BCUT2D eigenvalue weighted by Gasteiger charge is 2.69. The van der Waals surface area contributed by atoms with Gasteiger partial charge in [-0.05, 0) is 68.6 Å². The molecule has 17 heavy (non-hydrogen) atoms. The molecule has 0 aliphatic heterocycles. The van der Waals surface area contributed by atoms with Gasteiger partial charge in [-0.2, -0.15) is 0 Å². The molecule has 0 aromatic rings. The van der Waals surface area contributed by atoms with Crippen molar-refractivity contribution in [3.05, 3.63) is 0 Å². The topological polar surface area (TPSA) is 40.5 Å². The zero-order valence-corrected chi connectivity index (χ0v) is 11.5. The number of rotatable bonds is 0. The molecule has 0 heterocycles. The standard InChI is InChI=1S/C15H26O2/c1-13(2)9-5-7-14(3,16)10-6-8-15(4,17)12(10)11(9)13/h9-12,16-17H,5-8H2,1-4H3/t9-,10-,11-,12?,14-,15+/m1/s1. The Bertz CT molecular complexity index is 343. The van der Waals surface area contributed by atoms with E-state index in [1.165, 1.54) is 0 Å². The van der Waals surface area contributed by atoms with Gasteiger partial charge in [-0.1, -0.05) is 13.8 Å². The zero-order valence-electron chi connectivity index (χ0n) is 11.5. The number of fused-ring (bicyclic) bond motifs is 3. The van der Waals surface area contributed by atoms with Crippen LogP contribution in [0.25, 0.3) is 0 Å². The summed E-state index contributed by atoms with van der Waals surface area (Å²) in [5, 5.41) is 21.3. The Balaban J connectivity index is 1.99. The van der Waals surface area contributed by atoms with Gasteiger partial charge < -0.3 is 10.2 Å². The van der Waals surface area contributed by atoms with Gasteiger partial charge in [0.25, 0.3) is 0 Å². The molecule has 0 spiro atoms. The van der Waals surface area contributed by atoms with E-state index in [1.807, 2.05) is 13.8 Å². The maximum atomic E-state index is 10.7. The van der Waals surface area contributed by atoms with Crippen LogP contribution in [0.1, 0.15) is 53.4 Å². The molecule has 6 atom stereocenters. The largest absolute Gasteiger partial charge is 0.390 e. The van der Waals surface area contributed by atoms with E-state index in [-0.39, 0.29) is 0 Å². The molecule has 3 aliphatic rings. The molecule has 0 bridgehead atoms. The molecule has 3 aliphatic carbocycles. The summed E-state index contributed by atoms with van der Waals surface area (Å²) in [7, 11) is 0. The van der Waals surface area contributed by atoms with Crippen molar-refractivity contribution in [3.8, 4) is 0 Å². The molecule has 98 valence electrons. The van der Waals surface area contributed by atoms with Crippen molar-refractivity contribution in [1.82, 2.24) is 0 Å². The lowest BCUT2D eigenvalue weighted by Gasteiger charge is -2.37. The average Bonchev–Trinajstić information content (AvgIpc) is 2.59. The van der Waals surface area contributed by atoms with Crippen LogP contribution in [0.3, 0.4) is 0 Å². The van der Waals surface area contributed by atoms with Crippen LogP contribution >= 0.6 is 0 Å². The van der Waals surface area contributed by atoms with Crippen LogP contribution in [-0.2, 0) is 0 Å². The highest BCUT2D eigenvalue weighted by Crippen LogP contribution is 2.71. The third kappa shape index (κ3) is 1.46. The summed E-state index contributed by atoms with van der Waals surface area (Å²) in [5.74, 6) is 1.95. The second kappa shape index (κ2) is 3.08. The Morgan fingerprint density at radius 3 is 1.94 bits per heavy atom. The van der Waals surface area contributed by atoms with Crippen molar-refractivity contribution in [2.24, 2.45) is 29.1 Å². The molecule has 3 rings (SSSR count). The van der Waals surface area contributed by atoms with Crippen molar-refractivity contribution >= 4 is 0 Å². The predicted octanol–water partition coefficient (Wildman–Crippen LogP) is 2.58. The van der Waals surface area contributed by atoms with Gasteiger partial charge in [-0.25, -0.2) is 0 Å². The molecule has 0 aromatic carbocycles. The highest BCUT2D eigenvalue weighted by molar-refractivity contribution is 5.18. The summed E-state index contributed by atoms with van der Waals surface area (Å²) < 4.78 is 0. The van der Waals surface area contributed by atoms with Crippen molar-refractivity contribution in [1.29, 1.82) is 0 Å². The molecule has 2 heteroatoms. The molecule has 1 unspecified atom stereocenters. The fourth-order valence-electron chi connectivity index (χ4n) is 5.25. The molecule has 0 amide bonds. The van der Waals surface area contributed by atoms with Crippen molar-refractivity contribution in [3.63, 3.8) is 0 Å². The van der Waals surface area contributed by atoms with Gasteiger partial charge in [-0.3, -0.25) is 0 Å². The maximum Gasteiger partial charge on any atom is 0.0654 e. The Labute approximate surface area is 104 Å². The van der Waals surface area contributed by atoms with Gasteiger partial charge in [0.05, 0.1) is 11.2 Å². The second-order valence-electron chi connectivity index (χ2n) is 7.88. The molecule has 3 fully saturated rings. The SMILES string of the molecule is CC1(C)[C@@H]2CC[C@@](C)(O)[C@@H]3CC[C@](C)(O)C3[C@@H]21. The number of hydrogen-bond acceptors (Lipinski definition) is 2. The Hall–Kier alpha value is -0.0800. The summed E-state index contributed by atoms with van der Waals surface area (Å²) in [6.45, 7) is 8.66. The summed E-state index contributed by atoms with van der Waals surface area (Å²) >= 11 is 0. The summed E-state index contributed by atoms with van der Waals surface area (Å²) in [4.78, 5) is 0. The van der Waals surface area contributed by atoms with Crippen LogP contribution in [0.15, 0.2) is 0 Å². The Morgan fingerprint density at radius 1 is 0.765 bits per heavy atom. The highest BCUT2D eigenvalue weighted by atomic mass is 16.3. The summed E-state index contributed by atoms with van der Waals surface area (Å²) in [6, 6.07) is 0. The van der Waals surface area contributed by atoms with Crippen molar-refractivity contribution < 1.29 is 10.2 Å². The summed E-state index contributed by atoms with van der Waals surface area (Å²) in [5.41, 5.74) is -0.738. The van der Waals surface area contributed by atoms with Gasteiger partial charge >= 0.3 is 0 Å². The maximum absolute atomic E-state index is 10.7. The monoisotopic (exact) mass is 238 g/mol. The minimum Gasteiger partial charge on any atom is -0.390 e. The first-order chi connectivity index (χ1) is 7.68. The molecule has 3 saturated carbocycles. The van der Waals surface area contributed by atoms with E-state index in [1.54, 1.807) is 0 Å². The summed E-state index contributed by atoms with van der Waals surface area (Å²) in [6.07, 6.45) is 3.89. The Kier molecular flexibility index (Phi) is 2.17. The predicted molar refractivity (Wildman–Crippen MR) is 67.5 cm³/mol. The zero-order chi connectivity index (χ0) is 12.6. The van der Waals surface area contributed by atoms with Crippen LogP contribution in [0.4, 0.5) is 0 Å². The van der Waals surface area contributed by atoms with Crippen LogP contribution < -0.4 is 0 Å². The van der Waals surface area contributed by atoms with Gasteiger partial charge in [0.15, 0.2) is 0 Å². The molecule has 0 radical (unpaired) electrons. The van der Waals surface area contributed by atoms with E-state index in [4.69, 9.17) is 0 Å². The molecular weight excluding hydrogens is 212 g/mol. The van der Waals surface area contributed by atoms with E-state index in [0.717, 1.165) is 25.7 Å². The quantitative estimate of drug-likeness (QED) is 0.681. The van der Waals surface area contributed by atoms with E-state index in [2.05, 4.69) is 13.8 Å². The molecule has 2 N–H and O–H groups in total. The molecular formula is C15H26O2. The first-order valence-corrected chi connectivity index (χ1v) is 7.13.